The van der Waals surface area contributed by atoms with Gasteiger partial charge in [0.2, 0.25) is 0 Å². The highest BCUT2D eigenvalue weighted by Gasteiger charge is 2.38. The van der Waals surface area contributed by atoms with Crippen molar-refractivity contribution in [3.05, 3.63) is 35.1 Å². The van der Waals surface area contributed by atoms with Gasteiger partial charge >= 0.3 is 6.18 Å². The Bertz CT molecular complexity index is 479. The van der Waals surface area contributed by atoms with Crippen molar-refractivity contribution in [2.75, 3.05) is 13.1 Å². The van der Waals surface area contributed by atoms with Crippen molar-refractivity contribution < 1.29 is 22.7 Å². The quantitative estimate of drug-likeness (QED) is 0.821. The number of aliphatic hydroxyl groups is 1. The first-order valence-electron chi connectivity index (χ1n) is 6.53. The van der Waals surface area contributed by atoms with Crippen LogP contribution in [-0.4, -0.2) is 18.2 Å². The lowest BCUT2D eigenvalue weighted by atomic mass is 9.78. The van der Waals surface area contributed by atoms with Crippen molar-refractivity contribution in [1.29, 1.82) is 0 Å². The second-order valence-corrected chi connectivity index (χ2v) is 5.38. The highest BCUT2D eigenvalue weighted by Crippen LogP contribution is 2.37. The summed E-state index contributed by atoms with van der Waals surface area (Å²) in [7, 11) is 0. The third-order valence-corrected chi connectivity index (χ3v) is 3.95. The van der Waals surface area contributed by atoms with Gasteiger partial charge in [0.05, 0.1) is 11.2 Å². The molecule has 2 nitrogen and oxygen atoms in total. The Kier molecular flexibility index (Phi) is 4.07. The Hall–Kier alpha value is -1.14. The van der Waals surface area contributed by atoms with E-state index in [1.54, 1.807) is 0 Å². The molecule has 1 heterocycles. The molecular formula is C14H17F4NO. The molecular weight excluding hydrogens is 274 g/mol. The van der Waals surface area contributed by atoms with E-state index in [9.17, 15) is 22.7 Å². The first kappa shape index (κ1) is 15.3. The SMILES string of the molecule is CC(O)(c1ccc(C(F)(F)F)c(F)c1)C1CCCNC1. The van der Waals surface area contributed by atoms with Gasteiger partial charge in [0.1, 0.15) is 5.82 Å². The fraction of sp³-hybridized carbons (Fsp3) is 0.571. The molecule has 1 aromatic carbocycles. The first-order chi connectivity index (χ1) is 9.23. The number of rotatable bonds is 2. The topological polar surface area (TPSA) is 32.3 Å². The van der Waals surface area contributed by atoms with Crippen molar-refractivity contribution in [2.45, 2.75) is 31.5 Å². The largest absolute Gasteiger partial charge is 0.419 e. The van der Waals surface area contributed by atoms with Gasteiger partial charge in [0.15, 0.2) is 0 Å². The molecule has 0 bridgehead atoms. The molecule has 2 N–H and O–H groups in total. The molecule has 0 aliphatic carbocycles. The van der Waals surface area contributed by atoms with E-state index < -0.39 is 23.2 Å². The maximum atomic E-state index is 13.6. The number of hydrogen-bond acceptors (Lipinski definition) is 2. The second kappa shape index (κ2) is 5.33. The third kappa shape index (κ3) is 2.96. The summed E-state index contributed by atoms with van der Waals surface area (Å²) in [5, 5.41) is 13.7. The van der Waals surface area contributed by atoms with Crippen LogP contribution in [0.3, 0.4) is 0 Å². The average molecular weight is 291 g/mol. The van der Waals surface area contributed by atoms with Gasteiger partial charge in [-0.15, -0.1) is 0 Å². The van der Waals surface area contributed by atoms with Gasteiger partial charge in [-0.05, 0) is 44.0 Å². The predicted octanol–water partition coefficient (Wildman–Crippen LogP) is 3.05. The summed E-state index contributed by atoms with van der Waals surface area (Å²) < 4.78 is 51.2. The molecule has 0 saturated carbocycles. The normalized spacial score (nSPS) is 23.4. The summed E-state index contributed by atoms with van der Waals surface area (Å²) >= 11 is 0. The molecule has 0 radical (unpaired) electrons. The first-order valence-corrected chi connectivity index (χ1v) is 6.53. The van der Waals surface area contributed by atoms with Crippen molar-refractivity contribution in [1.82, 2.24) is 5.32 Å². The zero-order valence-corrected chi connectivity index (χ0v) is 11.1. The molecule has 1 saturated heterocycles. The summed E-state index contributed by atoms with van der Waals surface area (Å²) in [6.45, 7) is 2.94. The van der Waals surface area contributed by atoms with Crippen LogP contribution < -0.4 is 5.32 Å². The Morgan fingerprint density at radius 1 is 1.30 bits per heavy atom. The van der Waals surface area contributed by atoms with E-state index in [1.165, 1.54) is 6.92 Å². The van der Waals surface area contributed by atoms with Crippen LogP contribution in [0.15, 0.2) is 18.2 Å². The molecule has 1 fully saturated rings. The van der Waals surface area contributed by atoms with E-state index in [0.29, 0.717) is 12.6 Å². The van der Waals surface area contributed by atoms with Crippen LogP contribution in [0.1, 0.15) is 30.9 Å². The van der Waals surface area contributed by atoms with Crippen molar-refractivity contribution in [3.8, 4) is 0 Å². The fourth-order valence-electron chi connectivity index (χ4n) is 2.63. The lowest BCUT2D eigenvalue weighted by Gasteiger charge is -2.36. The molecule has 1 aliphatic rings. The monoisotopic (exact) mass is 291 g/mol. The third-order valence-electron chi connectivity index (χ3n) is 3.95. The average Bonchev–Trinajstić information content (AvgIpc) is 2.38. The molecule has 0 aromatic heterocycles. The molecule has 2 rings (SSSR count). The van der Waals surface area contributed by atoms with Gasteiger partial charge in [0.25, 0.3) is 0 Å². The van der Waals surface area contributed by atoms with Gasteiger partial charge in [-0.2, -0.15) is 13.2 Å². The number of alkyl halides is 3. The van der Waals surface area contributed by atoms with E-state index >= 15 is 0 Å². The minimum absolute atomic E-state index is 0.146. The maximum Gasteiger partial charge on any atom is 0.419 e. The highest BCUT2D eigenvalue weighted by atomic mass is 19.4. The van der Waals surface area contributed by atoms with Crippen LogP contribution >= 0.6 is 0 Å². The van der Waals surface area contributed by atoms with Gasteiger partial charge in [-0.1, -0.05) is 6.07 Å². The van der Waals surface area contributed by atoms with Crippen LogP contribution in [-0.2, 0) is 11.8 Å². The van der Waals surface area contributed by atoms with Crippen LogP contribution in [0.4, 0.5) is 17.6 Å². The van der Waals surface area contributed by atoms with Gasteiger partial charge in [-0.3, -0.25) is 0 Å². The van der Waals surface area contributed by atoms with E-state index in [1.807, 2.05) is 0 Å². The molecule has 2 atom stereocenters. The van der Waals surface area contributed by atoms with Crippen LogP contribution in [0.5, 0.6) is 0 Å². The number of halogens is 4. The minimum Gasteiger partial charge on any atom is -0.385 e. The van der Waals surface area contributed by atoms with Crippen LogP contribution in [0, 0.1) is 11.7 Å². The number of nitrogens with one attached hydrogen (secondary N) is 1. The Labute approximate surface area is 114 Å². The lowest BCUT2D eigenvalue weighted by Crippen LogP contribution is -2.42. The van der Waals surface area contributed by atoms with Crippen LogP contribution in [0.2, 0.25) is 0 Å². The van der Waals surface area contributed by atoms with Gasteiger partial charge < -0.3 is 10.4 Å². The molecule has 20 heavy (non-hydrogen) atoms. The highest BCUT2D eigenvalue weighted by molar-refractivity contribution is 5.30. The van der Waals surface area contributed by atoms with Crippen LogP contribution in [0.25, 0.3) is 0 Å². The second-order valence-electron chi connectivity index (χ2n) is 5.38. The molecule has 112 valence electrons. The predicted molar refractivity (Wildman–Crippen MR) is 66.6 cm³/mol. The van der Waals surface area contributed by atoms with Crippen molar-refractivity contribution >= 4 is 0 Å². The number of piperidine rings is 1. The Balaban J connectivity index is 2.30. The standard InChI is InChI=1S/C14H17F4NO/c1-13(20,10-3-2-6-19-8-10)9-4-5-11(12(15)7-9)14(16,17)18/h4-5,7,10,19-20H,2-3,6,8H2,1H3. The number of hydrogen-bond donors (Lipinski definition) is 2. The lowest BCUT2D eigenvalue weighted by molar-refractivity contribution is -0.140. The molecule has 1 aliphatic heterocycles. The summed E-state index contributed by atoms with van der Waals surface area (Å²) in [5.74, 6) is -1.49. The minimum atomic E-state index is -4.72. The molecule has 0 spiro atoms. The summed E-state index contributed by atoms with van der Waals surface area (Å²) in [6, 6.07) is 2.63. The Morgan fingerprint density at radius 2 is 2.00 bits per heavy atom. The fourth-order valence-corrected chi connectivity index (χ4v) is 2.63. The van der Waals surface area contributed by atoms with Crippen molar-refractivity contribution in [2.24, 2.45) is 5.92 Å². The zero-order chi connectivity index (χ0) is 15.0. The molecule has 2 unspecified atom stereocenters. The van der Waals surface area contributed by atoms with Gasteiger partial charge in [0, 0.05) is 12.5 Å². The smallest absolute Gasteiger partial charge is 0.385 e. The summed E-state index contributed by atoms with van der Waals surface area (Å²) in [4.78, 5) is 0. The van der Waals surface area contributed by atoms with E-state index in [4.69, 9.17) is 0 Å². The molecule has 6 heteroatoms. The molecule has 1 aromatic rings. The Morgan fingerprint density at radius 3 is 2.50 bits per heavy atom. The molecule has 0 amide bonds. The van der Waals surface area contributed by atoms with Crippen molar-refractivity contribution in [3.63, 3.8) is 0 Å². The zero-order valence-electron chi connectivity index (χ0n) is 11.1. The summed E-state index contributed by atoms with van der Waals surface area (Å²) in [6.07, 6.45) is -3.09. The van der Waals surface area contributed by atoms with E-state index in [-0.39, 0.29) is 11.5 Å². The maximum absolute atomic E-state index is 13.6. The van der Waals surface area contributed by atoms with E-state index in [2.05, 4.69) is 5.32 Å². The van der Waals surface area contributed by atoms with E-state index in [0.717, 1.165) is 31.5 Å². The summed E-state index contributed by atoms with van der Waals surface area (Å²) in [5.41, 5.74) is -2.48. The number of benzene rings is 1. The van der Waals surface area contributed by atoms with Gasteiger partial charge in [-0.25, -0.2) is 4.39 Å².